The van der Waals surface area contributed by atoms with Crippen LogP contribution in [0.25, 0.3) is 0 Å². The maximum atomic E-state index is 8.61. The van der Waals surface area contributed by atoms with Gasteiger partial charge in [-0.1, -0.05) is 207 Å². The van der Waals surface area contributed by atoms with Crippen molar-refractivity contribution < 1.29 is 15.3 Å². The van der Waals surface area contributed by atoms with Gasteiger partial charge in [-0.25, -0.2) is 0 Å². The van der Waals surface area contributed by atoms with Gasteiger partial charge in [-0.2, -0.15) is 0 Å². The molecule has 0 aromatic carbocycles. The van der Waals surface area contributed by atoms with Crippen LogP contribution in [0.1, 0.15) is 226 Å². The van der Waals surface area contributed by atoms with Gasteiger partial charge in [0.15, 0.2) is 0 Å². The van der Waals surface area contributed by atoms with E-state index in [1.54, 1.807) is 0 Å². The van der Waals surface area contributed by atoms with E-state index in [0.29, 0.717) is 19.8 Å². The molecule has 252 valence electrons. The third-order valence-electron chi connectivity index (χ3n) is 8.04. The minimum Gasteiger partial charge on any atom is -0.396 e. The molecular formula is C38H82O3. The van der Waals surface area contributed by atoms with Gasteiger partial charge in [0.25, 0.3) is 0 Å². The Morgan fingerprint density at radius 1 is 0.195 bits per heavy atom. The summed E-state index contributed by atoms with van der Waals surface area (Å²) in [5, 5.41) is 25.7. The van der Waals surface area contributed by atoms with Crippen LogP contribution >= 0.6 is 0 Å². The van der Waals surface area contributed by atoms with Gasteiger partial charge >= 0.3 is 0 Å². The molecule has 0 saturated heterocycles. The minimum atomic E-state index is 0.372. The zero-order valence-electron chi connectivity index (χ0n) is 29.1. The molecule has 0 aromatic rings. The van der Waals surface area contributed by atoms with Crippen LogP contribution in [0.2, 0.25) is 0 Å². The molecule has 0 aromatic heterocycles. The predicted molar refractivity (Wildman–Crippen MR) is 186 cm³/mol. The van der Waals surface area contributed by atoms with Crippen molar-refractivity contribution in [1.82, 2.24) is 0 Å². The zero-order valence-corrected chi connectivity index (χ0v) is 29.1. The van der Waals surface area contributed by atoms with E-state index in [4.69, 9.17) is 15.3 Å². The van der Waals surface area contributed by atoms with Crippen molar-refractivity contribution in [1.29, 1.82) is 0 Å². The highest BCUT2D eigenvalue weighted by atomic mass is 16.3. The van der Waals surface area contributed by atoms with Gasteiger partial charge in [0.1, 0.15) is 0 Å². The molecule has 0 radical (unpaired) electrons. The summed E-state index contributed by atoms with van der Waals surface area (Å²) in [5.41, 5.74) is 0. The molecule has 0 saturated carbocycles. The monoisotopic (exact) mass is 587 g/mol. The highest BCUT2D eigenvalue weighted by Gasteiger charge is 1.94. The molecule has 3 N–H and O–H groups in total. The third kappa shape index (κ3) is 56.3. The normalized spacial score (nSPS) is 10.7. The summed E-state index contributed by atoms with van der Waals surface area (Å²) >= 11 is 0. The molecule has 3 heteroatoms. The fourth-order valence-corrected chi connectivity index (χ4v) is 5.15. The van der Waals surface area contributed by atoms with Crippen molar-refractivity contribution in [3.63, 3.8) is 0 Å². The van der Waals surface area contributed by atoms with E-state index in [1.807, 2.05) is 0 Å². The van der Waals surface area contributed by atoms with Crippen LogP contribution in [-0.4, -0.2) is 35.1 Å². The van der Waals surface area contributed by atoms with Gasteiger partial charge in [0, 0.05) is 19.8 Å². The van der Waals surface area contributed by atoms with Crippen LogP contribution in [0.3, 0.4) is 0 Å². The van der Waals surface area contributed by atoms with Crippen molar-refractivity contribution in [2.24, 2.45) is 0 Å². The molecule has 0 aliphatic rings. The van der Waals surface area contributed by atoms with E-state index < -0.39 is 0 Å². The number of hydrogen-bond acceptors (Lipinski definition) is 3. The van der Waals surface area contributed by atoms with Gasteiger partial charge in [0.2, 0.25) is 0 Å². The van der Waals surface area contributed by atoms with Crippen molar-refractivity contribution in [2.45, 2.75) is 226 Å². The maximum Gasteiger partial charge on any atom is 0.0431 e. The Morgan fingerprint density at radius 3 is 0.439 bits per heavy atom. The Balaban J connectivity index is -0.000000530. The van der Waals surface area contributed by atoms with Crippen molar-refractivity contribution in [3.8, 4) is 0 Å². The zero-order chi connectivity index (χ0) is 30.7. The summed E-state index contributed by atoms with van der Waals surface area (Å²) in [5.74, 6) is 0. The van der Waals surface area contributed by atoms with Gasteiger partial charge in [-0.3, -0.25) is 0 Å². The largest absolute Gasteiger partial charge is 0.396 e. The molecule has 0 rings (SSSR count). The van der Waals surface area contributed by atoms with E-state index in [9.17, 15) is 0 Å². The summed E-state index contributed by atoms with van der Waals surface area (Å²) in [4.78, 5) is 0. The second-order valence-electron chi connectivity index (χ2n) is 12.4. The molecule has 0 atom stereocenters. The highest BCUT2D eigenvalue weighted by molar-refractivity contribution is 4.49. The smallest absolute Gasteiger partial charge is 0.0431 e. The topological polar surface area (TPSA) is 60.7 Å². The summed E-state index contributed by atoms with van der Waals surface area (Å²) in [6.07, 6.45) is 42.9. The molecule has 0 aliphatic heterocycles. The van der Waals surface area contributed by atoms with Gasteiger partial charge < -0.3 is 15.3 Å². The number of hydrogen-bond donors (Lipinski definition) is 3. The lowest BCUT2D eigenvalue weighted by Crippen LogP contribution is -1.84. The number of unbranched alkanes of at least 4 members (excludes halogenated alkanes) is 29. The maximum absolute atomic E-state index is 8.61. The first-order valence-corrected chi connectivity index (χ1v) is 19.1. The van der Waals surface area contributed by atoms with E-state index in [-0.39, 0.29) is 0 Å². The Hall–Kier alpha value is -0.120. The van der Waals surface area contributed by atoms with Gasteiger partial charge in [-0.05, 0) is 19.3 Å². The molecule has 0 bridgehead atoms. The predicted octanol–water partition coefficient (Wildman–Crippen LogP) is 12.5. The number of aliphatic hydroxyl groups excluding tert-OH is 3. The molecule has 0 spiro atoms. The average molecular weight is 587 g/mol. The lowest BCUT2D eigenvalue weighted by atomic mass is 10.1. The fourth-order valence-electron chi connectivity index (χ4n) is 5.15. The van der Waals surface area contributed by atoms with Gasteiger partial charge in [0.05, 0.1) is 0 Å². The van der Waals surface area contributed by atoms with Crippen molar-refractivity contribution >= 4 is 0 Å². The molecular weight excluding hydrogens is 504 g/mol. The van der Waals surface area contributed by atoms with Crippen LogP contribution in [-0.2, 0) is 0 Å². The van der Waals surface area contributed by atoms with Crippen LogP contribution < -0.4 is 0 Å². The van der Waals surface area contributed by atoms with Crippen molar-refractivity contribution in [2.75, 3.05) is 19.8 Å². The Morgan fingerprint density at radius 2 is 0.317 bits per heavy atom. The molecule has 0 unspecified atom stereocenters. The summed E-state index contributed by atoms with van der Waals surface area (Å²) < 4.78 is 0. The second-order valence-corrected chi connectivity index (χ2v) is 12.4. The SMILES string of the molecule is CCCCCCCCCCCCCCO.CCCCCCCCCCCCO.CCCCCCCCCCCCO. The molecule has 0 fully saturated rings. The van der Waals surface area contributed by atoms with E-state index in [0.717, 1.165) is 19.3 Å². The van der Waals surface area contributed by atoms with E-state index in [1.165, 1.54) is 186 Å². The number of aliphatic hydroxyl groups is 3. The first-order valence-electron chi connectivity index (χ1n) is 19.1. The Kier molecular flexibility index (Phi) is 54.8. The van der Waals surface area contributed by atoms with Crippen LogP contribution in [0.5, 0.6) is 0 Å². The summed E-state index contributed by atoms with van der Waals surface area (Å²) in [7, 11) is 0. The summed E-state index contributed by atoms with van der Waals surface area (Å²) in [6, 6.07) is 0. The summed E-state index contributed by atoms with van der Waals surface area (Å²) in [6.45, 7) is 7.90. The average Bonchev–Trinajstić information content (AvgIpc) is 2.99. The molecule has 41 heavy (non-hydrogen) atoms. The quantitative estimate of drug-likeness (QED) is 0.0687. The van der Waals surface area contributed by atoms with E-state index in [2.05, 4.69) is 20.8 Å². The first-order chi connectivity index (χ1) is 20.2. The van der Waals surface area contributed by atoms with Gasteiger partial charge in [-0.15, -0.1) is 0 Å². The number of rotatable bonds is 32. The van der Waals surface area contributed by atoms with Crippen LogP contribution in [0.4, 0.5) is 0 Å². The first kappa shape index (κ1) is 45.3. The second kappa shape index (κ2) is 49.6. The Labute approximate surface area is 261 Å². The fraction of sp³-hybridized carbons (Fsp3) is 1.00. The third-order valence-corrected chi connectivity index (χ3v) is 8.04. The molecule has 0 heterocycles. The highest BCUT2D eigenvalue weighted by Crippen LogP contribution is 2.12. The minimum absolute atomic E-state index is 0.372. The Bertz CT molecular complexity index is 321. The standard InChI is InChI=1S/C14H30O.2C12H26O/c1-2-3-4-5-6-7-8-9-10-11-12-13-14-15;2*1-2-3-4-5-6-7-8-9-10-11-12-13/h15H,2-14H2,1H3;2*13H,2-12H2,1H3. The van der Waals surface area contributed by atoms with Crippen LogP contribution in [0, 0.1) is 0 Å². The van der Waals surface area contributed by atoms with Crippen molar-refractivity contribution in [3.05, 3.63) is 0 Å². The van der Waals surface area contributed by atoms with Crippen LogP contribution in [0.15, 0.2) is 0 Å². The molecule has 3 nitrogen and oxygen atoms in total. The molecule has 0 aliphatic carbocycles. The molecule has 0 amide bonds. The van der Waals surface area contributed by atoms with E-state index >= 15 is 0 Å². The lowest BCUT2D eigenvalue weighted by molar-refractivity contribution is 0.282. The lowest BCUT2D eigenvalue weighted by Gasteiger charge is -2.01.